The van der Waals surface area contributed by atoms with Crippen LogP contribution < -0.4 is 5.32 Å². The number of carboxylic acid groups (broad SMARTS) is 1. The summed E-state index contributed by atoms with van der Waals surface area (Å²) in [5, 5.41) is 11.5. The Morgan fingerprint density at radius 1 is 1.08 bits per heavy atom. The average Bonchev–Trinajstić information content (AvgIpc) is 3.24. The molecule has 1 aromatic heterocycles. The molecular weight excluding hydrogens is 324 g/mol. The summed E-state index contributed by atoms with van der Waals surface area (Å²) in [7, 11) is 0. The predicted octanol–water partition coefficient (Wildman–Crippen LogP) is 2.03. The Morgan fingerprint density at radius 3 is 2.36 bits per heavy atom. The van der Waals surface area contributed by atoms with Gasteiger partial charge in [-0.3, -0.25) is 9.59 Å². The molecule has 0 spiro atoms. The smallest absolute Gasteiger partial charge is 0.371 e. The molecule has 1 aliphatic rings. The molecule has 7 nitrogen and oxygen atoms in total. The van der Waals surface area contributed by atoms with Crippen molar-refractivity contribution in [2.75, 3.05) is 6.54 Å². The van der Waals surface area contributed by atoms with Gasteiger partial charge in [-0.15, -0.1) is 0 Å². The highest BCUT2D eigenvalue weighted by Crippen LogP contribution is 2.15. The van der Waals surface area contributed by atoms with Gasteiger partial charge in [-0.25, -0.2) is 4.79 Å². The zero-order valence-electron chi connectivity index (χ0n) is 13.5. The maximum Gasteiger partial charge on any atom is 0.371 e. The maximum absolute atomic E-state index is 11.9. The fraction of sp³-hybridized carbons (Fsp3) is 0.278. The molecule has 1 aromatic carbocycles. The lowest BCUT2D eigenvalue weighted by atomic mass is 10.1. The summed E-state index contributed by atoms with van der Waals surface area (Å²) < 4.78 is 4.95. The van der Waals surface area contributed by atoms with Crippen LogP contribution in [0.1, 0.15) is 45.1 Å². The summed E-state index contributed by atoms with van der Waals surface area (Å²) in [6, 6.07) is 10.2. The molecule has 3 rings (SSSR count). The van der Waals surface area contributed by atoms with Gasteiger partial charge in [0.1, 0.15) is 0 Å². The SMILES string of the molecule is O=C(O)c1ccc(C(=O)NCc2ccc(CN3CCCC3=O)cc2)o1. The van der Waals surface area contributed by atoms with E-state index in [0.29, 0.717) is 19.5 Å². The first-order valence-electron chi connectivity index (χ1n) is 8.00. The number of hydrogen-bond donors (Lipinski definition) is 2. The summed E-state index contributed by atoms with van der Waals surface area (Å²) in [6.45, 7) is 1.71. The van der Waals surface area contributed by atoms with E-state index in [1.165, 1.54) is 12.1 Å². The molecule has 0 saturated carbocycles. The second-order valence-corrected chi connectivity index (χ2v) is 5.89. The standard InChI is InChI=1S/C18H18N2O5/c21-16-2-1-9-20(16)11-13-5-3-12(4-6-13)10-19-17(22)14-7-8-15(25-14)18(23)24/h3-8H,1-2,9-11H2,(H,19,22)(H,23,24). The molecule has 7 heteroatoms. The molecule has 0 aliphatic carbocycles. The van der Waals surface area contributed by atoms with Gasteiger partial charge in [-0.05, 0) is 29.7 Å². The van der Waals surface area contributed by atoms with Crippen molar-refractivity contribution in [3.8, 4) is 0 Å². The molecule has 0 radical (unpaired) electrons. The first-order valence-corrected chi connectivity index (χ1v) is 8.00. The number of nitrogens with one attached hydrogen (secondary N) is 1. The third-order valence-corrected chi connectivity index (χ3v) is 4.06. The Balaban J connectivity index is 1.53. The van der Waals surface area contributed by atoms with Gasteiger partial charge in [-0.2, -0.15) is 0 Å². The van der Waals surface area contributed by atoms with Gasteiger partial charge in [0, 0.05) is 26.1 Å². The quantitative estimate of drug-likeness (QED) is 0.837. The summed E-state index contributed by atoms with van der Waals surface area (Å²) in [5.74, 6) is -1.81. The molecule has 2 heterocycles. The number of carbonyl (C=O) groups is 3. The number of amides is 2. The first-order chi connectivity index (χ1) is 12.0. The van der Waals surface area contributed by atoms with Crippen LogP contribution in [0.4, 0.5) is 0 Å². The van der Waals surface area contributed by atoms with Crippen LogP contribution in [-0.4, -0.2) is 34.3 Å². The van der Waals surface area contributed by atoms with Crippen molar-refractivity contribution in [3.05, 3.63) is 59.0 Å². The molecule has 1 fully saturated rings. The number of rotatable bonds is 6. The third kappa shape index (κ3) is 4.06. The number of hydrogen-bond acceptors (Lipinski definition) is 4. The zero-order valence-corrected chi connectivity index (χ0v) is 13.5. The molecule has 0 unspecified atom stereocenters. The van der Waals surface area contributed by atoms with Gasteiger partial charge >= 0.3 is 5.97 Å². The molecule has 2 aromatic rings. The van der Waals surface area contributed by atoms with Crippen LogP contribution in [0.3, 0.4) is 0 Å². The fourth-order valence-electron chi connectivity index (χ4n) is 2.70. The van der Waals surface area contributed by atoms with Crippen molar-refractivity contribution < 1.29 is 23.9 Å². The van der Waals surface area contributed by atoms with Crippen LogP contribution in [0.15, 0.2) is 40.8 Å². The van der Waals surface area contributed by atoms with Crippen LogP contribution >= 0.6 is 0 Å². The van der Waals surface area contributed by atoms with Crippen LogP contribution in [0.2, 0.25) is 0 Å². The maximum atomic E-state index is 11.9. The van der Waals surface area contributed by atoms with Crippen molar-refractivity contribution in [2.24, 2.45) is 0 Å². The second kappa shape index (κ2) is 7.21. The van der Waals surface area contributed by atoms with Crippen molar-refractivity contribution in [1.29, 1.82) is 0 Å². The summed E-state index contributed by atoms with van der Waals surface area (Å²) in [6.07, 6.45) is 1.54. The van der Waals surface area contributed by atoms with E-state index >= 15 is 0 Å². The monoisotopic (exact) mass is 342 g/mol. The minimum atomic E-state index is -1.22. The summed E-state index contributed by atoms with van der Waals surface area (Å²) in [5.41, 5.74) is 1.94. The van der Waals surface area contributed by atoms with Crippen molar-refractivity contribution >= 4 is 17.8 Å². The molecule has 1 saturated heterocycles. The van der Waals surface area contributed by atoms with E-state index in [4.69, 9.17) is 9.52 Å². The number of carboxylic acids is 1. The van der Waals surface area contributed by atoms with E-state index in [2.05, 4.69) is 5.32 Å². The highest BCUT2D eigenvalue weighted by molar-refractivity contribution is 5.93. The Morgan fingerprint density at radius 2 is 1.76 bits per heavy atom. The Bertz CT molecular complexity index is 794. The zero-order chi connectivity index (χ0) is 17.8. The van der Waals surface area contributed by atoms with Crippen molar-refractivity contribution in [2.45, 2.75) is 25.9 Å². The second-order valence-electron chi connectivity index (χ2n) is 5.89. The summed E-state index contributed by atoms with van der Waals surface area (Å²) >= 11 is 0. The number of carbonyl (C=O) groups excluding carboxylic acids is 2. The van der Waals surface area contributed by atoms with Crippen LogP contribution in [-0.2, 0) is 17.9 Å². The topological polar surface area (TPSA) is 99.8 Å². The lowest BCUT2D eigenvalue weighted by Crippen LogP contribution is -2.24. The summed E-state index contributed by atoms with van der Waals surface area (Å²) in [4.78, 5) is 36.2. The fourth-order valence-corrected chi connectivity index (χ4v) is 2.70. The lowest BCUT2D eigenvalue weighted by Gasteiger charge is -2.15. The van der Waals surface area contributed by atoms with Gasteiger partial charge in [0.15, 0.2) is 5.76 Å². The van der Waals surface area contributed by atoms with Crippen LogP contribution in [0.5, 0.6) is 0 Å². The number of benzene rings is 1. The van der Waals surface area contributed by atoms with E-state index in [-0.39, 0.29) is 17.4 Å². The van der Waals surface area contributed by atoms with Gasteiger partial charge in [-0.1, -0.05) is 24.3 Å². The number of likely N-dealkylation sites (tertiary alicyclic amines) is 1. The molecule has 130 valence electrons. The average molecular weight is 342 g/mol. The molecule has 2 amide bonds. The van der Waals surface area contributed by atoms with E-state index in [0.717, 1.165) is 24.1 Å². The first kappa shape index (κ1) is 16.8. The minimum Gasteiger partial charge on any atom is -0.475 e. The van der Waals surface area contributed by atoms with E-state index in [9.17, 15) is 14.4 Å². The van der Waals surface area contributed by atoms with Crippen LogP contribution in [0.25, 0.3) is 0 Å². The van der Waals surface area contributed by atoms with Gasteiger partial charge < -0.3 is 19.7 Å². The molecule has 0 bridgehead atoms. The van der Waals surface area contributed by atoms with E-state index < -0.39 is 11.9 Å². The predicted molar refractivity (Wildman–Crippen MR) is 87.9 cm³/mol. The van der Waals surface area contributed by atoms with Gasteiger partial charge in [0.25, 0.3) is 5.91 Å². The number of aromatic carboxylic acids is 1. The van der Waals surface area contributed by atoms with Crippen molar-refractivity contribution in [1.82, 2.24) is 10.2 Å². The highest BCUT2D eigenvalue weighted by atomic mass is 16.4. The molecule has 2 N–H and O–H groups in total. The largest absolute Gasteiger partial charge is 0.475 e. The van der Waals surface area contributed by atoms with E-state index in [1.807, 2.05) is 29.2 Å². The number of nitrogens with zero attached hydrogens (tertiary/aromatic N) is 1. The highest BCUT2D eigenvalue weighted by Gasteiger charge is 2.20. The normalized spacial score (nSPS) is 13.9. The Kier molecular flexibility index (Phi) is 4.83. The number of furan rings is 1. The molecular formula is C18H18N2O5. The van der Waals surface area contributed by atoms with Crippen molar-refractivity contribution in [3.63, 3.8) is 0 Å². The molecule has 0 atom stereocenters. The van der Waals surface area contributed by atoms with E-state index in [1.54, 1.807) is 0 Å². The Hall–Kier alpha value is -3.09. The third-order valence-electron chi connectivity index (χ3n) is 4.06. The van der Waals surface area contributed by atoms with Crippen LogP contribution in [0, 0.1) is 0 Å². The Labute approximate surface area is 144 Å². The van der Waals surface area contributed by atoms with Gasteiger partial charge in [0.2, 0.25) is 11.7 Å². The lowest BCUT2D eigenvalue weighted by molar-refractivity contribution is -0.128. The minimum absolute atomic E-state index is 0.0402. The molecule has 25 heavy (non-hydrogen) atoms. The van der Waals surface area contributed by atoms with Gasteiger partial charge in [0.05, 0.1) is 0 Å². The molecule has 1 aliphatic heterocycles.